The second-order valence-corrected chi connectivity index (χ2v) is 22.4. The molecule has 41 heavy (non-hydrogen) atoms. The molecule has 0 aromatic heterocycles. The summed E-state index contributed by atoms with van der Waals surface area (Å²) in [6, 6.07) is 51.9. The van der Waals surface area contributed by atoms with Crippen LogP contribution in [0.15, 0.2) is 140 Å². The van der Waals surface area contributed by atoms with Crippen molar-refractivity contribution in [1.29, 1.82) is 0 Å². The van der Waals surface area contributed by atoms with Crippen LogP contribution in [0.25, 0.3) is 0 Å². The number of fused-ring (bicyclic) bond motifs is 2. The van der Waals surface area contributed by atoms with E-state index in [-0.39, 0.29) is 0 Å². The molecule has 0 unspecified atom stereocenters. The SMILES string of the molecule is O=S(=O)([O-])C(F)(F)F.c1ccc([P+](c2ccccc2)(c2ccccc2)[As]2c3ccccc3Nc3ccccc32)cc1. The van der Waals surface area contributed by atoms with Crippen LogP contribution in [0.5, 0.6) is 0 Å². The quantitative estimate of drug-likeness (QED) is 0.130. The van der Waals surface area contributed by atoms with Gasteiger partial charge in [-0.05, 0) is 0 Å². The fourth-order valence-corrected chi connectivity index (χ4v) is 24.7. The Labute approximate surface area is 241 Å². The van der Waals surface area contributed by atoms with Crippen molar-refractivity contribution in [3.8, 4) is 0 Å². The second kappa shape index (κ2) is 11.8. The second-order valence-electron chi connectivity index (χ2n) is 9.01. The van der Waals surface area contributed by atoms with Gasteiger partial charge in [-0.25, -0.2) is 8.42 Å². The van der Waals surface area contributed by atoms with Crippen LogP contribution in [-0.4, -0.2) is 32.7 Å². The average Bonchev–Trinajstić information content (AvgIpc) is 2.98. The third-order valence-corrected chi connectivity index (χ3v) is 24.7. The number of hydrogen-bond acceptors (Lipinski definition) is 4. The predicted molar refractivity (Wildman–Crippen MR) is 162 cm³/mol. The van der Waals surface area contributed by atoms with E-state index in [1.165, 1.54) is 36.0 Å². The van der Waals surface area contributed by atoms with Crippen LogP contribution in [0.3, 0.4) is 0 Å². The molecule has 1 aliphatic heterocycles. The van der Waals surface area contributed by atoms with Gasteiger partial charge in [0.05, 0.1) is 0 Å². The molecule has 0 aliphatic carbocycles. The number of anilines is 2. The van der Waals surface area contributed by atoms with E-state index in [9.17, 15) is 13.2 Å². The molecular weight excluding hydrogens is 629 g/mol. The summed E-state index contributed by atoms with van der Waals surface area (Å²) in [7, 11) is -6.09. The Hall–Kier alpha value is -3.41. The molecule has 0 bridgehead atoms. The van der Waals surface area contributed by atoms with Crippen molar-refractivity contribution in [1.82, 2.24) is 0 Å². The van der Waals surface area contributed by atoms with Gasteiger partial charge >= 0.3 is 206 Å². The minimum atomic E-state index is -6.09. The molecule has 0 saturated carbocycles. The molecule has 0 spiro atoms. The van der Waals surface area contributed by atoms with Gasteiger partial charge in [-0.1, -0.05) is 0 Å². The van der Waals surface area contributed by atoms with Gasteiger partial charge in [-0.3, -0.25) is 0 Å². The summed E-state index contributed by atoms with van der Waals surface area (Å²) in [5.74, 6) is -1.99. The fourth-order valence-electron chi connectivity index (χ4n) is 4.85. The molecule has 0 atom stereocenters. The Morgan fingerprint density at radius 1 is 0.561 bits per heavy atom. The number of rotatable bonds is 4. The van der Waals surface area contributed by atoms with Crippen molar-refractivity contribution in [2.75, 3.05) is 5.32 Å². The van der Waals surface area contributed by atoms with E-state index < -0.39 is 35.6 Å². The summed E-state index contributed by atoms with van der Waals surface area (Å²) in [5.41, 5.74) is -3.11. The molecule has 1 N–H and O–H groups in total. The van der Waals surface area contributed by atoms with Gasteiger partial charge in [-0.2, -0.15) is 13.2 Å². The monoisotopic (exact) mass is 653 g/mol. The van der Waals surface area contributed by atoms with E-state index >= 15 is 0 Å². The van der Waals surface area contributed by atoms with Crippen LogP contribution in [0, 0.1) is 0 Å². The van der Waals surface area contributed by atoms with Crippen LogP contribution in [0.4, 0.5) is 24.5 Å². The van der Waals surface area contributed by atoms with Crippen LogP contribution < -0.4 is 29.9 Å². The summed E-state index contributed by atoms with van der Waals surface area (Å²) in [4.78, 5) is 0. The molecule has 5 aromatic rings. The third-order valence-electron chi connectivity index (χ3n) is 6.51. The van der Waals surface area contributed by atoms with E-state index in [4.69, 9.17) is 13.0 Å². The van der Waals surface area contributed by atoms with Gasteiger partial charge in [0.25, 0.3) is 0 Å². The number of nitrogens with one attached hydrogen (secondary N) is 1. The Balaban J connectivity index is 0.000000372. The molecule has 1 heterocycles. The van der Waals surface area contributed by atoms with E-state index in [0.29, 0.717) is 0 Å². The molecular formula is C31H24AsF3NO3PS. The Morgan fingerprint density at radius 3 is 1.17 bits per heavy atom. The van der Waals surface area contributed by atoms with Gasteiger partial charge in [0.2, 0.25) is 0 Å². The number of para-hydroxylation sites is 2. The maximum absolute atomic E-state index is 10.7. The molecule has 10 heteroatoms. The van der Waals surface area contributed by atoms with Gasteiger partial charge in [0, 0.05) is 0 Å². The number of benzene rings is 5. The fraction of sp³-hybridized carbons (Fsp3) is 0.0323. The molecule has 6 rings (SSSR count). The summed E-state index contributed by atoms with van der Waals surface area (Å²) in [6.07, 6.45) is 0. The standard InChI is InChI=1S/C30H24AsNP.CHF3O3S/c1-4-14-24(15-5-1)33(25-16-6-2-7-17-25,26-18-8-3-9-19-26)31-27-20-10-12-22-29(27)32-30-23-13-11-21-28(30)31;2-1(3,4)8(5,6)7/h1-23,32H;(H,5,6,7)/q+1;/p-1. The Bertz CT molecular complexity index is 1600. The first-order valence-electron chi connectivity index (χ1n) is 12.5. The van der Waals surface area contributed by atoms with Crippen molar-refractivity contribution in [3.63, 3.8) is 0 Å². The first-order chi connectivity index (χ1) is 19.6. The van der Waals surface area contributed by atoms with Crippen LogP contribution in [0.2, 0.25) is 0 Å². The zero-order valence-electron chi connectivity index (χ0n) is 21.4. The predicted octanol–water partition coefficient (Wildman–Crippen LogP) is 4.89. The molecule has 208 valence electrons. The van der Waals surface area contributed by atoms with Crippen LogP contribution in [0.1, 0.15) is 0 Å². The third kappa shape index (κ3) is 5.71. The number of hydrogen-bond donors (Lipinski definition) is 1. The van der Waals surface area contributed by atoms with Crippen molar-refractivity contribution < 1.29 is 26.1 Å². The van der Waals surface area contributed by atoms with E-state index in [0.717, 1.165) is 0 Å². The Morgan fingerprint density at radius 2 is 0.854 bits per heavy atom. The van der Waals surface area contributed by atoms with Gasteiger partial charge in [0.15, 0.2) is 10.1 Å². The first-order valence-corrected chi connectivity index (χ1v) is 20.0. The van der Waals surface area contributed by atoms with E-state index in [2.05, 4.69) is 145 Å². The topological polar surface area (TPSA) is 69.2 Å². The molecule has 0 fully saturated rings. The summed E-state index contributed by atoms with van der Waals surface area (Å²) < 4.78 is 61.9. The molecule has 0 amide bonds. The van der Waals surface area contributed by atoms with E-state index in [1.807, 2.05) is 0 Å². The normalized spacial score (nSPS) is 13.2. The van der Waals surface area contributed by atoms with Crippen molar-refractivity contribution >= 4 is 66.1 Å². The molecule has 1 aliphatic rings. The van der Waals surface area contributed by atoms with E-state index in [1.54, 1.807) is 0 Å². The van der Waals surface area contributed by atoms with Crippen LogP contribution >= 0.6 is 5.82 Å². The minimum absolute atomic E-state index is 1.27. The molecule has 0 saturated heterocycles. The molecule has 4 nitrogen and oxygen atoms in total. The maximum atomic E-state index is 10.7. The zero-order valence-corrected chi connectivity index (χ0v) is 25.0. The summed E-state index contributed by atoms with van der Waals surface area (Å²) in [5, 5.41) is 8.15. The number of halogens is 3. The summed E-state index contributed by atoms with van der Waals surface area (Å²) in [6.45, 7) is 0. The summed E-state index contributed by atoms with van der Waals surface area (Å²) >= 11 is -1.90. The van der Waals surface area contributed by atoms with Crippen LogP contribution in [-0.2, 0) is 10.1 Å². The van der Waals surface area contributed by atoms with Gasteiger partial charge in [-0.15, -0.1) is 0 Å². The van der Waals surface area contributed by atoms with Crippen molar-refractivity contribution in [2.45, 2.75) is 5.51 Å². The zero-order chi connectivity index (χ0) is 29.1. The average molecular weight is 653 g/mol. The van der Waals surface area contributed by atoms with Crippen molar-refractivity contribution in [2.24, 2.45) is 0 Å². The van der Waals surface area contributed by atoms with Gasteiger partial charge < -0.3 is 4.55 Å². The molecule has 0 radical (unpaired) electrons. The number of alkyl halides is 3. The van der Waals surface area contributed by atoms with Crippen molar-refractivity contribution in [3.05, 3.63) is 140 Å². The Kier molecular flexibility index (Phi) is 8.39. The first kappa shape index (κ1) is 29.1. The molecule has 5 aromatic carbocycles. The van der Waals surface area contributed by atoms with Gasteiger partial charge in [0.1, 0.15) is 0 Å².